The molecule has 2 aromatic rings. The fourth-order valence-electron chi connectivity index (χ4n) is 3.77. The highest BCUT2D eigenvalue weighted by Gasteiger charge is 2.32. The van der Waals surface area contributed by atoms with Gasteiger partial charge in [0.2, 0.25) is 5.91 Å². The van der Waals surface area contributed by atoms with Gasteiger partial charge in [-0.25, -0.2) is 0 Å². The zero-order valence-corrected chi connectivity index (χ0v) is 17.9. The largest absolute Gasteiger partial charge is 0.486 e. The Hall–Kier alpha value is -2.53. The highest BCUT2D eigenvalue weighted by atomic mass is 16.6. The molecule has 29 heavy (non-hydrogen) atoms. The van der Waals surface area contributed by atoms with Gasteiger partial charge >= 0.3 is 0 Å². The van der Waals surface area contributed by atoms with Gasteiger partial charge in [0.25, 0.3) is 0 Å². The molecule has 3 rings (SSSR count). The predicted octanol–water partition coefficient (Wildman–Crippen LogP) is 3.93. The molecule has 1 heterocycles. The molecule has 0 saturated heterocycles. The summed E-state index contributed by atoms with van der Waals surface area (Å²) >= 11 is 0. The van der Waals surface area contributed by atoms with Gasteiger partial charge < -0.3 is 14.8 Å². The van der Waals surface area contributed by atoms with Crippen molar-refractivity contribution < 1.29 is 14.3 Å². The van der Waals surface area contributed by atoms with E-state index in [2.05, 4.69) is 36.2 Å². The van der Waals surface area contributed by atoms with Crippen LogP contribution < -0.4 is 14.8 Å². The number of benzene rings is 2. The van der Waals surface area contributed by atoms with Crippen LogP contribution in [0.15, 0.2) is 48.5 Å². The van der Waals surface area contributed by atoms with Crippen molar-refractivity contribution in [2.75, 3.05) is 32.8 Å². The van der Waals surface area contributed by atoms with Crippen LogP contribution in [0.2, 0.25) is 0 Å². The fraction of sp³-hybridized carbons (Fsp3) is 0.458. The van der Waals surface area contributed by atoms with E-state index < -0.39 is 5.41 Å². The highest BCUT2D eigenvalue weighted by Crippen LogP contribution is 2.35. The van der Waals surface area contributed by atoms with Crippen molar-refractivity contribution in [3.05, 3.63) is 59.7 Å². The molecule has 0 bridgehead atoms. The summed E-state index contributed by atoms with van der Waals surface area (Å²) in [6, 6.07) is 16.3. The SMILES string of the molecule is CCN(CC)C(CNC(=O)C(C)(C)c1ccc2c(c1)OCCO2)c1ccccc1. The lowest BCUT2D eigenvalue weighted by atomic mass is 9.83. The first kappa shape index (κ1) is 21.2. The van der Waals surface area contributed by atoms with E-state index in [0.717, 1.165) is 24.4 Å². The van der Waals surface area contributed by atoms with E-state index in [4.69, 9.17) is 9.47 Å². The molecule has 1 atom stereocenters. The molecule has 0 radical (unpaired) electrons. The van der Waals surface area contributed by atoms with Gasteiger partial charge in [-0.3, -0.25) is 9.69 Å². The predicted molar refractivity (Wildman–Crippen MR) is 116 cm³/mol. The van der Waals surface area contributed by atoms with E-state index in [-0.39, 0.29) is 11.9 Å². The molecule has 2 aromatic carbocycles. The maximum absolute atomic E-state index is 13.2. The molecule has 0 saturated carbocycles. The van der Waals surface area contributed by atoms with Crippen molar-refractivity contribution in [2.45, 2.75) is 39.2 Å². The summed E-state index contributed by atoms with van der Waals surface area (Å²) in [5, 5.41) is 3.20. The third-order valence-corrected chi connectivity index (χ3v) is 5.72. The van der Waals surface area contributed by atoms with Crippen molar-refractivity contribution in [3.8, 4) is 11.5 Å². The first-order chi connectivity index (χ1) is 14.0. The Morgan fingerprint density at radius 3 is 2.34 bits per heavy atom. The lowest BCUT2D eigenvalue weighted by molar-refractivity contribution is -0.125. The van der Waals surface area contributed by atoms with Crippen molar-refractivity contribution in [1.82, 2.24) is 10.2 Å². The van der Waals surface area contributed by atoms with Gasteiger partial charge in [-0.1, -0.05) is 50.2 Å². The second-order valence-corrected chi connectivity index (χ2v) is 7.84. The van der Waals surface area contributed by atoms with Crippen LogP contribution in [0.3, 0.4) is 0 Å². The van der Waals surface area contributed by atoms with Crippen LogP contribution >= 0.6 is 0 Å². The van der Waals surface area contributed by atoms with Gasteiger partial charge in [-0.15, -0.1) is 0 Å². The van der Waals surface area contributed by atoms with Crippen LogP contribution in [0.4, 0.5) is 0 Å². The molecule has 1 aliphatic heterocycles. The molecule has 0 aliphatic carbocycles. The third-order valence-electron chi connectivity index (χ3n) is 5.72. The molecule has 5 heteroatoms. The topological polar surface area (TPSA) is 50.8 Å². The monoisotopic (exact) mass is 396 g/mol. The third kappa shape index (κ3) is 4.73. The summed E-state index contributed by atoms with van der Waals surface area (Å²) in [7, 11) is 0. The number of nitrogens with one attached hydrogen (secondary N) is 1. The number of fused-ring (bicyclic) bond motifs is 1. The summed E-state index contributed by atoms with van der Waals surface area (Å²) in [6.45, 7) is 11.7. The minimum Gasteiger partial charge on any atom is -0.486 e. The molecule has 0 fully saturated rings. The summed E-state index contributed by atoms with van der Waals surface area (Å²) in [5.41, 5.74) is 1.45. The van der Waals surface area contributed by atoms with Gasteiger partial charge in [0.05, 0.1) is 11.5 Å². The number of ether oxygens (including phenoxy) is 2. The van der Waals surface area contributed by atoms with E-state index in [9.17, 15) is 4.79 Å². The number of rotatable bonds is 8. The van der Waals surface area contributed by atoms with E-state index in [1.54, 1.807) is 0 Å². The molecule has 156 valence electrons. The number of carbonyl (C=O) groups is 1. The highest BCUT2D eigenvalue weighted by molar-refractivity contribution is 5.87. The quantitative estimate of drug-likeness (QED) is 0.734. The normalized spacial score (nSPS) is 14.5. The molecular weight excluding hydrogens is 364 g/mol. The van der Waals surface area contributed by atoms with Crippen LogP contribution in [0.25, 0.3) is 0 Å². The van der Waals surface area contributed by atoms with Crippen LogP contribution in [-0.4, -0.2) is 43.7 Å². The number of hydrogen-bond donors (Lipinski definition) is 1. The molecule has 0 aromatic heterocycles. The summed E-state index contributed by atoms with van der Waals surface area (Å²) in [5.74, 6) is 1.45. The number of hydrogen-bond acceptors (Lipinski definition) is 4. The summed E-state index contributed by atoms with van der Waals surface area (Å²) in [4.78, 5) is 15.5. The first-order valence-corrected chi connectivity index (χ1v) is 10.4. The Labute approximate surface area is 174 Å². The van der Waals surface area contributed by atoms with Crippen LogP contribution in [0.1, 0.15) is 44.9 Å². The Bertz CT molecular complexity index is 816. The van der Waals surface area contributed by atoms with Crippen molar-refractivity contribution in [1.29, 1.82) is 0 Å². The maximum Gasteiger partial charge on any atom is 0.230 e. The van der Waals surface area contributed by atoms with Crippen LogP contribution in [0, 0.1) is 0 Å². The molecule has 1 unspecified atom stereocenters. The number of likely N-dealkylation sites (N-methyl/N-ethyl adjacent to an activating group) is 1. The van der Waals surface area contributed by atoms with E-state index in [1.165, 1.54) is 5.56 Å². The second-order valence-electron chi connectivity index (χ2n) is 7.84. The Kier molecular flexibility index (Phi) is 6.80. The Balaban J connectivity index is 1.75. The minimum atomic E-state index is -0.680. The lowest BCUT2D eigenvalue weighted by Crippen LogP contribution is -2.44. The van der Waals surface area contributed by atoms with Gasteiger partial charge in [0.15, 0.2) is 11.5 Å². The lowest BCUT2D eigenvalue weighted by Gasteiger charge is -2.32. The second kappa shape index (κ2) is 9.31. The van der Waals surface area contributed by atoms with Crippen molar-refractivity contribution in [3.63, 3.8) is 0 Å². The average Bonchev–Trinajstić information content (AvgIpc) is 2.76. The minimum absolute atomic E-state index is 0.00210. The maximum atomic E-state index is 13.2. The van der Waals surface area contributed by atoms with Gasteiger partial charge in [-0.05, 0) is 50.2 Å². The number of nitrogens with zero attached hydrogens (tertiary/aromatic N) is 1. The Morgan fingerprint density at radius 2 is 1.69 bits per heavy atom. The van der Waals surface area contributed by atoms with Gasteiger partial charge in [-0.2, -0.15) is 0 Å². The van der Waals surface area contributed by atoms with Crippen molar-refractivity contribution >= 4 is 5.91 Å². The van der Waals surface area contributed by atoms with Crippen LogP contribution in [-0.2, 0) is 10.2 Å². The van der Waals surface area contributed by atoms with E-state index >= 15 is 0 Å². The first-order valence-electron chi connectivity index (χ1n) is 10.4. The molecule has 1 amide bonds. The molecule has 0 spiro atoms. The Morgan fingerprint density at radius 1 is 1.03 bits per heavy atom. The summed E-state index contributed by atoms with van der Waals surface area (Å²) < 4.78 is 11.3. The van der Waals surface area contributed by atoms with Gasteiger partial charge in [0, 0.05) is 6.54 Å². The average molecular weight is 397 g/mol. The van der Waals surface area contributed by atoms with E-state index in [1.807, 2.05) is 50.2 Å². The molecule has 1 N–H and O–H groups in total. The zero-order chi connectivity index (χ0) is 20.9. The zero-order valence-electron chi connectivity index (χ0n) is 17.9. The number of amides is 1. The molecule has 5 nitrogen and oxygen atoms in total. The molecular formula is C24H32N2O3. The fourth-order valence-corrected chi connectivity index (χ4v) is 3.77. The van der Waals surface area contributed by atoms with Crippen molar-refractivity contribution in [2.24, 2.45) is 0 Å². The summed E-state index contributed by atoms with van der Waals surface area (Å²) in [6.07, 6.45) is 0. The van der Waals surface area contributed by atoms with Gasteiger partial charge in [0.1, 0.15) is 13.2 Å². The van der Waals surface area contributed by atoms with E-state index in [0.29, 0.717) is 25.5 Å². The van der Waals surface area contributed by atoms with Crippen LogP contribution in [0.5, 0.6) is 11.5 Å². The standard InChI is InChI=1S/C24H32N2O3/c1-5-26(6-2)20(18-10-8-7-9-11-18)17-25-23(27)24(3,4)19-12-13-21-22(16-19)29-15-14-28-21/h7-13,16,20H,5-6,14-15,17H2,1-4H3,(H,25,27). The number of carbonyl (C=O) groups excluding carboxylic acids is 1. The molecule has 1 aliphatic rings. The smallest absolute Gasteiger partial charge is 0.230 e.